The lowest BCUT2D eigenvalue weighted by molar-refractivity contribution is 0.402. The first kappa shape index (κ1) is 17.0. The molecule has 23 heavy (non-hydrogen) atoms. The predicted octanol–water partition coefficient (Wildman–Crippen LogP) is 2.41. The highest BCUT2D eigenvalue weighted by molar-refractivity contribution is 7.92. The van der Waals surface area contributed by atoms with E-state index in [0.717, 1.165) is 5.56 Å². The van der Waals surface area contributed by atoms with Gasteiger partial charge in [-0.25, -0.2) is 8.42 Å². The number of methoxy groups -OCH3 is 1. The van der Waals surface area contributed by atoms with Crippen LogP contribution >= 0.6 is 0 Å². The van der Waals surface area contributed by atoms with Gasteiger partial charge in [-0.1, -0.05) is 6.07 Å². The van der Waals surface area contributed by atoms with Crippen LogP contribution in [-0.2, 0) is 10.0 Å². The van der Waals surface area contributed by atoms with Gasteiger partial charge in [-0.05, 0) is 50.6 Å². The Hall–Kier alpha value is -2.35. The molecule has 0 bridgehead atoms. The SMILES string of the molecule is COc1ccc(C)cc1S(=O)(=O)Nc1ccc(NC(C)C)nn1. The fourth-order valence-corrected chi connectivity index (χ4v) is 3.20. The molecule has 0 radical (unpaired) electrons. The predicted molar refractivity (Wildman–Crippen MR) is 89.3 cm³/mol. The van der Waals surface area contributed by atoms with E-state index in [1.165, 1.54) is 7.11 Å². The molecule has 0 unspecified atom stereocenters. The van der Waals surface area contributed by atoms with E-state index in [9.17, 15) is 8.42 Å². The van der Waals surface area contributed by atoms with Crippen molar-refractivity contribution in [2.75, 3.05) is 17.1 Å². The van der Waals surface area contributed by atoms with Crippen LogP contribution in [0, 0.1) is 6.92 Å². The number of anilines is 2. The van der Waals surface area contributed by atoms with Crippen LogP contribution in [0.15, 0.2) is 35.2 Å². The van der Waals surface area contributed by atoms with Crippen LogP contribution in [0.4, 0.5) is 11.6 Å². The van der Waals surface area contributed by atoms with Crippen LogP contribution in [0.5, 0.6) is 5.75 Å². The number of hydrogen-bond donors (Lipinski definition) is 2. The molecule has 2 rings (SSSR count). The molecule has 1 heterocycles. The van der Waals surface area contributed by atoms with Crippen molar-refractivity contribution in [3.8, 4) is 5.75 Å². The Bertz CT molecular complexity index is 774. The summed E-state index contributed by atoms with van der Waals surface area (Å²) < 4.78 is 32.6. The zero-order chi connectivity index (χ0) is 17.0. The Balaban J connectivity index is 2.26. The monoisotopic (exact) mass is 336 g/mol. The van der Waals surface area contributed by atoms with Crippen molar-refractivity contribution in [2.45, 2.75) is 31.7 Å². The van der Waals surface area contributed by atoms with Gasteiger partial charge in [0.25, 0.3) is 10.0 Å². The summed E-state index contributed by atoms with van der Waals surface area (Å²) in [6.07, 6.45) is 0. The van der Waals surface area contributed by atoms with Crippen LogP contribution in [0.1, 0.15) is 19.4 Å². The van der Waals surface area contributed by atoms with E-state index in [-0.39, 0.29) is 22.5 Å². The van der Waals surface area contributed by atoms with Gasteiger partial charge in [0.15, 0.2) is 5.82 Å². The minimum absolute atomic E-state index is 0.0613. The van der Waals surface area contributed by atoms with Crippen LogP contribution in [0.25, 0.3) is 0 Å². The molecule has 0 aliphatic rings. The molecule has 0 amide bonds. The fourth-order valence-electron chi connectivity index (χ4n) is 1.95. The summed E-state index contributed by atoms with van der Waals surface area (Å²) >= 11 is 0. The summed E-state index contributed by atoms with van der Waals surface area (Å²) in [5.74, 6) is 0.994. The summed E-state index contributed by atoms with van der Waals surface area (Å²) in [6.45, 7) is 5.76. The number of aryl methyl sites for hydroxylation is 1. The second-order valence-electron chi connectivity index (χ2n) is 5.36. The molecular weight excluding hydrogens is 316 g/mol. The number of nitrogens with zero attached hydrogens (tertiary/aromatic N) is 2. The van der Waals surface area contributed by atoms with Crippen LogP contribution < -0.4 is 14.8 Å². The average molecular weight is 336 g/mol. The first-order valence-corrected chi connectivity index (χ1v) is 8.58. The number of hydrogen-bond acceptors (Lipinski definition) is 6. The molecule has 124 valence electrons. The lowest BCUT2D eigenvalue weighted by Gasteiger charge is -2.12. The number of nitrogens with one attached hydrogen (secondary N) is 2. The molecule has 0 fully saturated rings. The Morgan fingerprint density at radius 2 is 1.74 bits per heavy atom. The summed E-state index contributed by atoms with van der Waals surface area (Å²) in [5.41, 5.74) is 0.814. The van der Waals surface area contributed by atoms with Crippen molar-refractivity contribution in [3.63, 3.8) is 0 Å². The first-order valence-electron chi connectivity index (χ1n) is 7.09. The molecule has 2 aromatic rings. The van der Waals surface area contributed by atoms with Gasteiger partial charge in [0.2, 0.25) is 0 Å². The molecular formula is C15H20N4O3S. The van der Waals surface area contributed by atoms with Gasteiger partial charge in [0, 0.05) is 6.04 Å². The van der Waals surface area contributed by atoms with Crippen molar-refractivity contribution in [1.82, 2.24) is 10.2 Å². The Morgan fingerprint density at radius 3 is 2.30 bits per heavy atom. The molecule has 0 spiro atoms. The molecule has 0 atom stereocenters. The van der Waals surface area contributed by atoms with Crippen molar-refractivity contribution >= 4 is 21.7 Å². The van der Waals surface area contributed by atoms with E-state index in [0.29, 0.717) is 5.82 Å². The Morgan fingerprint density at radius 1 is 1.09 bits per heavy atom. The molecule has 7 nitrogen and oxygen atoms in total. The maximum atomic E-state index is 12.5. The molecule has 1 aromatic carbocycles. The third-order valence-electron chi connectivity index (χ3n) is 2.95. The smallest absolute Gasteiger partial charge is 0.266 e. The van der Waals surface area contributed by atoms with E-state index in [1.807, 2.05) is 20.8 Å². The molecule has 0 saturated heterocycles. The van der Waals surface area contributed by atoms with E-state index in [4.69, 9.17) is 4.74 Å². The van der Waals surface area contributed by atoms with Crippen molar-refractivity contribution in [2.24, 2.45) is 0 Å². The van der Waals surface area contributed by atoms with E-state index >= 15 is 0 Å². The fraction of sp³-hybridized carbons (Fsp3) is 0.333. The summed E-state index contributed by atoms with van der Waals surface area (Å²) in [4.78, 5) is 0.0613. The zero-order valence-corrected chi connectivity index (χ0v) is 14.3. The average Bonchev–Trinajstić information content (AvgIpc) is 2.48. The molecule has 8 heteroatoms. The van der Waals surface area contributed by atoms with Gasteiger partial charge in [0.1, 0.15) is 16.5 Å². The third-order valence-corrected chi connectivity index (χ3v) is 4.32. The maximum Gasteiger partial charge on any atom is 0.266 e. The highest BCUT2D eigenvalue weighted by Gasteiger charge is 2.20. The first-order chi connectivity index (χ1) is 10.8. The number of aromatic nitrogens is 2. The van der Waals surface area contributed by atoms with Gasteiger partial charge in [-0.2, -0.15) is 0 Å². The van der Waals surface area contributed by atoms with E-state index in [1.54, 1.807) is 30.3 Å². The highest BCUT2D eigenvalue weighted by atomic mass is 32.2. The van der Waals surface area contributed by atoms with Gasteiger partial charge < -0.3 is 10.1 Å². The Kier molecular flexibility index (Phi) is 5.05. The largest absolute Gasteiger partial charge is 0.495 e. The number of rotatable bonds is 6. The summed E-state index contributed by atoms with van der Waals surface area (Å²) in [7, 11) is -2.39. The number of sulfonamides is 1. The molecule has 2 N–H and O–H groups in total. The molecule has 0 aliphatic heterocycles. The van der Waals surface area contributed by atoms with Gasteiger partial charge >= 0.3 is 0 Å². The maximum absolute atomic E-state index is 12.5. The van der Waals surface area contributed by atoms with Crippen molar-refractivity contribution in [1.29, 1.82) is 0 Å². The summed E-state index contributed by atoms with van der Waals surface area (Å²) in [5, 5.41) is 10.9. The van der Waals surface area contributed by atoms with Gasteiger partial charge in [-0.3, -0.25) is 4.72 Å². The lowest BCUT2D eigenvalue weighted by atomic mass is 10.2. The second kappa shape index (κ2) is 6.82. The molecule has 1 aromatic heterocycles. The minimum atomic E-state index is -3.81. The Labute approximate surface area is 136 Å². The van der Waals surface area contributed by atoms with Gasteiger partial charge in [0.05, 0.1) is 7.11 Å². The normalized spacial score (nSPS) is 11.3. The van der Waals surface area contributed by atoms with Crippen LogP contribution in [0.2, 0.25) is 0 Å². The van der Waals surface area contributed by atoms with Crippen molar-refractivity contribution < 1.29 is 13.2 Å². The second-order valence-corrected chi connectivity index (χ2v) is 7.01. The number of ether oxygens (including phenoxy) is 1. The van der Waals surface area contributed by atoms with Crippen molar-refractivity contribution in [3.05, 3.63) is 35.9 Å². The van der Waals surface area contributed by atoms with E-state index < -0.39 is 10.0 Å². The third kappa shape index (κ3) is 4.32. The standard InChI is InChI=1S/C15H20N4O3S/c1-10(2)16-14-7-8-15(18-17-14)19-23(20,21)13-9-11(3)5-6-12(13)22-4/h5-10H,1-4H3,(H,16,17)(H,18,19). The number of benzene rings is 1. The zero-order valence-electron chi connectivity index (χ0n) is 13.5. The van der Waals surface area contributed by atoms with Crippen LogP contribution in [0.3, 0.4) is 0 Å². The molecule has 0 aliphatic carbocycles. The topological polar surface area (TPSA) is 93.2 Å². The molecule has 0 saturated carbocycles. The van der Waals surface area contributed by atoms with E-state index in [2.05, 4.69) is 20.2 Å². The summed E-state index contributed by atoms with van der Waals surface area (Å²) in [6, 6.07) is 8.37. The highest BCUT2D eigenvalue weighted by Crippen LogP contribution is 2.26. The van der Waals surface area contributed by atoms with Crippen LogP contribution in [-0.4, -0.2) is 31.8 Å². The lowest BCUT2D eigenvalue weighted by Crippen LogP contribution is -2.16. The quantitative estimate of drug-likeness (QED) is 0.841. The van der Waals surface area contributed by atoms with Gasteiger partial charge in [-0.15, -0.1) is 10.2 Å². The minimum Gasteiger partial charge on any atom is -0.495 e.